The van der Waals surface area contributed by atoms with Crippen molar-refractivity contribution in [3.8, 4) is 11.6 Å². The minimum absolute atomic E-state index is 0.133. The van der Waals surface area contributed by atoms with Crippen molar-refractivity contribution in [2.24, 2.45) is 0 Å². The molecular weight excluding hydrogens is 502 g/mol. The minimum Gasteiger partial charge on any atom is -0.438 e. The zero-order valence-corrected chi connectivity index (χ0v) is 21.1. The third kappa shape index (κ3) is 5.42. The van der Waals surface area contributed by atoms with E-state index in [2.05, 4.69) is 16.8 Å². The van der Waals surface area contributed by atoms with Gasteiger partial charge < -0.3 is 19.4 Å². The molecule has 1 fully saturated rings. The fraction of sp³-hybridized carbons (Fsp3) is 0.370. The summed E-state index contributed by atoms with van der Waals surface area (Å²) in [6, 6.07) is 8.59. The molecule has 0 atom stereocenters. The summed E-state index contributed by atoms with van der Waals surface area (Å²) in [6.45, 7) is 5.35. The first-order chi connectivity index (χ1) is 18.1. The van der Waals surface area contributed by atoms with Crippen molar-refractivity contribution >= 4 is 11.9 Å². The number of aromatic nitrogens is 2. The van der Waals surface area contributed by atoms with Crippen molar-refractivity contribution in [2.45, 2.75) is 26.1 Å². The molecule has 0 N–H and O–H groups in total. The van der Waals surface area contributed by atoms with Crippen LogP contribution in [-0.4, -0.2) is 65.4 Å². The number of hydrogen-bond donors (Lipinski definition) is 0. The zero-order chi connectivity index (χ0) is 27.0. The Kier molecular flexibility index (Phi) is 6.95. The maximum absolute atomic E-state index is 13.8. The molecular formula is C27H27F4N5O2. The van der Waals surface area contributed by atoms with E-state index in [4.69, 9.17) is 14.7 Å². The number of anilines is 1. The number of aryl methyl sites for hydroxylation is 1. The number of carbonyl (C=O) groups excluding carboxylic acids is 1. The molecule has 0 bridgehead atoms. The number of likely N-dealkylation sites (N-methyl/N-ethyl adjacent to an activating group) is 1. The third-order valence-corrected chi connectivity index (χ3v) is 6.89. The third-order valence-electron chi connectivity index (χ3n) is 6.89. The van der Waals surface area contributed by atoms with Crippen LogP contribution in [0.2, 0.25) is 0 Å². The average molecular weight is 530 g/mol. The number of carbonyl (C=O) groups is 1. The van der Waals surface area contributed by atoms with Crippen LogP contribution in [0.1, 0.15) is 32.7 Å². The molecule has 7 nitrogen and oxygen atoms in total. The summed E-state index contributed by atoms with van der Waals surface area (Å²) in [5, 5.41) is 0. The fourth-order valence-electron chi connectivity index (χ4n) is 4.55. The van der Waals surface area contributed by atoms with Gasteiger partial charge in [0.15, 0.2) is 0 Å². The number of fused-ring (bicyclic) bond motifs is 1. The van der Waals surface area contributed by atoms with Crippen LogP contribution in [0.25, 0.3) is 0 Å². The summed E-state index contributed by atoms with van der Waals surface area (Å²) in [7, 11) is 2.05. The van der Waals surface area contributed by atoms with E-state index in [0.717, 1.165) is 44.0 Å². The van der Waals surface area contributed by atoms with Crippen LogP contribution < -0.4 is 9.64 Å². The van der Waals surface area contributed by atoms with E-state index in [-0.39, 0.29) is 23.8 Å². The number of halogens is 4. The Morgan fingerprint density at radius 1 is 0.974 bits per heavy atom. The first-order valence-corrected chi connectivity index (χ1v) is 12.3. The highest BCUT2D eigenvalue weighted by atomic mass is 19.4. The molecule has 2 aliphatic heterocycles. The molecule has 200 valence electrons. The number of ether oxygens (including phenoxy) is 1. The SMILES string of the molecule is Cc1cc(Oc2nc(N3CCN(C)CC3)nc3c2CN(C(=O)c2ccc(C(F)(F)F)cc2)CC3)ccc1F. The van der Waals surface area contributed by atoms with Crippen LogP contribution in [0.5, 0.6) is 11.6 Å². The lowest BCUT2D eigenvalue weighted by Gasteiger charge is -2.34. The lowest BCUT2D eigenvalue weighted by atomic mass is 10.0. The van der Waals surface area contributed by atoms with Crippen LogP contribution in [-0.2, 0) is 19.1 Å². The van der Waals surface area contributed by atoms with E-state index in [1.54, 1.807) is 17.9 Å². The van der Waals surface area contributed by atoms with Gasteiger partial charge in [-0.1, -0.05) is 0 Å². The van der Waals surface area contributed by atoms with Gasteiger partial charge in [-0.15, -0.1) is 0 Å². The van der Waals surface area contributed by atoms with Gasteiger partial charge in [-0.2, -0.15) is 18.2 Å². The fourth-order valence-corrected chi connectivity index (χ4v) is 4.55. The Labute approximate surface area is 217 Å². The van der Waals surface area contributed by atoms with Gasteiger partial charge >= 0.3 is 6.18 Å². The monoisotopic (exact) mass is 529 g/mol. The molecule has 1 aromatic heterocycles. The van der Waals surface area contributed by atoms with Crippen molar-refractivity contribution < 1.29 is 27.1 Å². The van der Waals surface area contributed by atoms with E-state index in [0.29, 0.717) is 35.8 Å². The van der Waals surface area contributed by atoms with Gasteiger partial charge in [-0.05, 0) is 62.0 Å². The molecule has 0 saturated carbocycles. The Morgan fingerprint density at radius 2 is 1.68 bits per heavy atom. The van der Waals surface area contributed by atoms with Crippen molar-refractivity contribution in [3.63, 3.8) is 0 Å². The highest BCUT2D eigenvalue weighted by Crippen LogP contribution is 2.33. The highest BCUT2D eigenvalue weighted by Gasteiger charge is 2.32. The van der Waals surface area contributed by atoms with Crippen molar-refractivity contribution in [1.82, 2.24) is 19.8 Å². The number of amides is 1. The Morgan fingerprint density at radius 3 is 2.34 bits per heavy atom. The van der Waals surface area contributed by atoms with Crippen molar-refractivity contribution in [3.05, 3.63) is 76.2 Å². The molecule has 3 heterocycles. The van der Waals surface area contributed by atoms with Crippen molar-refractivity contribution in [1.29, 1.82) is 0 Å². The first-order valence-electron chi connectivity index (χ1n) is 12.3. The number of hydrogen-bond acceptors (Lipinski definition) is 6. The van der Waals surface area contributed by atoms with Gasteiger partial charge in [0.1, 0.15) is 11.6 Å². The van der Waals surface area contributed by atoms with E-state index >= 15 is 0 Å². The second-order valence-corrected chi connectivity index (χ2v) is 9.61. The second kappa shape index (κ2) is 10.2. The van der Waals surface area contributed by atoms with E-state index in [1.807, 2.05) is 0 Å². The number of rotatable bonds is 4. The molecule has 38 heavy (non-hydrogen) atoms. The highest BCUT2D eigenvalue weighted by molar-refractivity contribution is 5.94. The molecule has 0 unspecified atom stereocenters. The van der Waals surface area contributed by atoms with Gasteiger partial charge in [0.2, 0.25) is 11.8 Å². The van der Waals surface area contributed by atoms with Crippen LogP contribution >= 0.6 is 0 Å². The normalized spacial score (nSPS) is 16.4. The largest absolute Gasteiger partial charge is 0.438 e. The van der Waals surface area contributed by atoms with E-state index < -0.39 is 17.6 Å². The summed E-state index contributed by atoms with van der Waals surface area (Å²) < 4.78 is 58.8. The molecule has 0 spiro atoms. The van der Waals surface area contributed by atoms with Crippen LogP contribution in [0, 0.1) is 12.7 Å². The molecule has 1 saturated heterocycles. The lowest BCUT2D eigenvalue weighted by molar-refractivity contribution is -0.137. The topological polar surface area (TPSA) is 61.8 Å². The summed E-state index contributed by atoms with van der Waals surface area (Å²) >= 11 is 0. The van der Waals surface area contributed by atoms with Gasteiger partial charge in [0.05, 0.1) is 23.4 Å². The van der Waals surface area contributed by atoms with Gasteiger partial charge in [-0.25, -0.2) is 9.37 Å². The predicted molar refractivity (Wildman–Crippen MR) is 133 cm³/mol. The number of benzene rings is 2. The van der Waals surface area contributed by atoms with Gasteiger partial charge in [0.25, 0.3) is 5.91 Å². The maximum atomic E-state index is 13.8. The van der Waals surface area contributed by atoms with Gasteiger partial charge in [0, 0.05) is 44.7 Å². The average Bonchev–Trinajstić information content (AvgIpc) is 2.90. The lowest BCUT2D eigenvalue weighted by Crippen LogP contribution is -2.45. The number of piperazine rings is 1. The quantitative estimate of drug-likeness (QED) is 0.458. The molecule has 11 heteroatoms. The molecule has 0 radical (unpaired) electrons. The molecule has 1 amide bonds. The van der Waals surface area contributed by atoms with Crippen LogP contribution in [0.3, 0.4) is 0 Å². The standard InChI is InChI=1S/C27H27F4N5O2/c1-17-15-20(7-8-22(17)28)38-24-21-16-36(25(37)18-3-5-19(6-4-18)27(29,30)31)10-9-23(21)32-26(33-24)35-13-11-34(2)12-14-35/h3-8,15H,9-14,16H2,1-2H3. The number of nitrogens with zero attached hydrogens (tertiary/aromatic N) is 5. The van der Waals surface area contributed by atoms with Crippen molar-refractivity contribution in [2.75, 3.05) is 44.7 Å². The molecule has 5 rings (SSSR count). The summed E-state index contributed by atoms with van der Waals surface area (Å²) in [5.41, 5.74) is 1.14. The smallest absolute Gasteiger partial charge is 0.416 e. The van der Waals surface area contributed by atoms with E-state index in [9.17, 15) is 22.4 Å². The Balaban J connectivity index is 1.45. The van der Waals surface area contributed by atoms with E-state index in [1.165, 1.54) is 24.3 Å². The molecule has 3 aromatic rings. The Hall–Kier alpha value is -3.73. The summed E-state index contributed by atoms with van der Waals surface area (Å²) in [6.07, 6.45) is -4.04. The summed E-state index contributed by atoms with van der Waals surface area (Å²) in [4.78, 5) is 28.5. The zero-order valence-electron chi connectivity index (χ0n) is 21.1. The summed E-state index contributed by atoms with van der Waals surface area (Å²) in [5.74, 6) is 0.470. The molecule has 2 aliphatic rings. The van der Waals surface area contributed by atoms with Gasteiger partial charge in [-0.3, -0.25) is 4.79 Å². The second-order valence-electron chi connectivity index (χ2n) is 9.61. The predicted octanol–water partition coefficient (Wildman–Crippen LogP) is 4.69. The molecule has 0 aliphatic carbocycles. The maximum Gasteiger partial charge on any atom is 0.416 e. The van der Waals surface area contributed by atoms with Crippen LogP contribution in [0.15, 0.2) is 42.5 Å². The number of alkyl halides is 3. The first kappa shape index (κ1) is 25.9. The molecule has 2 aromatic carbocycles. The van der Waals surface area contributed by atoms with Crippen LogP contribution in [0.4, 0.5) is 23.5 Å². The minimum atomic E-state index is -4.48. The Bertz CT molecular complexity index is 1340.